The fourth-order valence-corrected chi connectivity index (χ4v) is 2.00. The number of halogens is 1. The van der Waals surface area contributed by atoms with Gasteiger partial charge in [-0.1, -0.05) is 0 Å². The molecule has 0 fully saturated rings. The molecule has 0 aromatic heterocycles. The summed E-state index contributed by atoms with van der Waals surface area (Å²) in [6.07, 6.45) is 0. The Morgan fingerprint density at radius 2 is 1.83 bits per heavy atom. The van der Waals surface area contributed by atoms with Crippen molar-refractivity contribution in [2.45, 2.75) is 39.8 Å². The minimum atomic E-state index is -0.510. The summed E-state index contributed by atoms with van der Waals surface area (Å²) in [5, 5.41) is 8.96. The van der Waals surface area contributed by atoms with E-state index < -0.39 is 5.82 Å². The van der Waals surface area contributed by atoms with Crippen LogP contribution in [0.4, 0.5) is 4.39 Å². The molecule has 0 aliphatic carbocycles. The molecule has 0 aliphatic rings. The quantitative estimate of drug-likeness (QED) is 0.825. The molecule has 0 N–H and O–H groups in total. The Bertz CT molecular complexity index is 481. The van der Waals surface area contributed by atoms with Gasteiger partial charge in [0.05, 0.1) is 11.1 Å². The van der Waals surface area contributed by atoms with Crippen molar-refractivity contribution in [1.29, 1.82) is 5.26 Å². The molecule has 3 nitrogen and oxygen atoms in total. The van der Waals surface area contributed by atoms with Crippen molar-refractivity contribution in [3.05, 3.63) is 35.1 Å². The van der Waals surface area contributed by atoms with Crippen LogP contribution in [0, 0.1) is 17.1 Å². The number of hydrogen-bond donors (Lipinski definition) is 0. The number of carbonyl (C=O) groups is 1. The number of nitrogens with zero attached hydrogens (tertiary/aromatic N) is 2. The monoisotopic (exact) mass is 248 g/mol. The smallest absolute Gasteiger partial charge is 0.255 e. The third-order valence-electron chi connectivity index (χ3n) is 2.68. The lowest BCUT2D eigenvalue weighted by atomic mass is 10.1. The summed E-state index contributed by atoms with van der Waals surface area (Å²) in [7, 11) is 0. The average molecular weight is 248 g/mol. The summed E-state index contributed by atoms with van der Waals surface area (Å²) in [5.41, 5.74) is 0.326. The third kappa shape index (κ3) is 2.86. The summed E-state index contributed by atoms with van der Waals surface area (Å²) in [5.74, 6) is -0.750. The van der Waals surface area contributed by atoms with Gasteiger partial charge in [-0.05, 0) is 45.9 Å². The number of amides is 1. The first-order valence-electron chi connectivity index (χ1n) is 5.90. The first-order chi connectivity index (χ1) is 8.38. The second-order valence-electron chi connectivity index (χ2n) is 4.70. The molecule has 4 heteroatoms. The maximum absolute atomic E-state index is 13.0. The maximum Gasteiger partial charge on any atom is 0.255 e. The molecule has 1 aromatic rings. The molecule has 0 bridgehead atoms. The van der Waals surface area contributed by atoms with E-state index in [9.17, 15) is 9.18 Å². The molecule has 1 amide bonds. The van der Waals surface area contributed by atoms with Crippen molar-refractivity contribution >= 4 is 5.91 Å². The predicted octanol–water partition coefficient (Wildman–Crippen LogP) is 2.96. The summed E-state index contributed by atoms with van der Waals surface area (Å²) < 4.78 is 13.0. The first-order valence-corrected chi connectivity index (χ1v) is 5.90. The maximum atomic E-state index is 13.0. The molecular formula is C14H17FN2O. The fourth-order valence-electron chi connectivity index (χ4n) is 2.00. The fraction of sp³-hybridized carbons (Fsp3) is 0.429. The van der Waals surface area contributed by atoms with Crippen molar-refractivity contribution in [3.63, 3.8) is 0 Å². The highest BCUT2D eigenvalue weighted by molar-refractivity contribution is 5.97. The Kier molecular flexibility index (Phi) is 4.43. The van der Waals surface area contributed by atoms with Gasteiger partial charge in [-0.15, -0.1) is 0 Å². The topological polar surface area (TPSA) is 44.1 Å². The van der Waals surface area contributed by atoms with Gasteiger partial charge in [0.25, 0.3) is 5.91 Å². The van der Waals surface area contributed by atoms with Crippen molar-refractivity contribution in [2.75, 3.05) is 0 Å². The van der Waals surface area contributed by atoms with E-state index in [0.29, 0.717) is 0 Å². The molecule has 18 heavy (non-hydrogen) atoms. The lowest BCUT2D eigenvalue weighted by molar-refractivity contribution is 0.0643. The normalized spacial score (nSPS) is 10.6. The van der Waals surface area contributed by atoms with E-state index in [0.717, 1.165) is 6.07 Å². The van der Waals surface area contributed by atoms with Gasteiger partial charge in [0.15, 0.2) is 0 Å². The first kappa shape index (κ1) is 14.2. The molecule has 0 aliphatic heterocycles. The zero-order valence-corrected chi connectivity index (χ0v) is 11.1. The number of rotatable bonds is 3. The lowest BCUT2D eigenvalue weighted by Crippen LogP contribution is -2.42. The number of benzene rings is 1. The van der Waals surface area contributed by atoms with Crippen LogP contribution < -0.4 is 0 Å². The van der Waals surface area contributed by atoms with E-state index in [2.05, 4.69) is 0 Å². The standard InChI is InChI=1S/C14H17FN2O/c1-9(2)17(10(3)4)14(18)13-6-5-12(15)7-11(13)8-16/h5-7,9-10H,1-4H3. The third-order valence-corrected chi connectivity index (χ3v) is 2.68. The Morgan fingerprint density at radius 3 is 2.28 bits per heavy atom. The number of carbonyl (C=O) groups excluding carboxylic acids is 1. The highest BCUT2D eigenvalue weighted by atomic mass is 19.1. The molecule has 1 rings (SSSR count). The van der Waals surface area contributed by atoms with E-state index in [1.54, 1.807) is 4.90 Å². The van der Waals surface area contributed by atoms with Crippen LogP contribution in [0.3, 0.4) is 0 Å². The van der Waals surface area contributed by atoms with Gasteiger partial charge in [0, 0.05) is 12.1 Å². The van der Waals surface area contributed by atoms with E-state index in [1.165, 1.54) is 12.1 Å². The van der Waals surface area contributed by atoms with Gasteiger partial charge >= 0.3 is 0 Å². The van der Waals surface area contributed by atoms with Crippen LogP contribution in [0.15, 0.2) is 18.2 Å². The second kappa shape index (κ2) is 5.63. The van der Waals surface area contributed by atoms with Crippen LogP contribution in [0.2, 0.25) is 0 Å². The molecule has 0 spiro atoms. The largest absolute Gasteiger partial charge is 0.334 e. The summed E-state index contributed by atoms with van der Waals surface area (Å²) in [6.45, 7) is 7.64. The molecule has 0 atom stereocenters. The van der Waals surface area contributed by atoms with Crippen LogP contribution >= 0.6 is 0 Å². The summed E-state index contributed by atoms with van der Waals surface area (Å²) in [6, 6.07) is 5.57. The minimum Gasteiger partial charge on any atom is -0.334 e. The lowest BCUT2D eigenvalue weighted by Gasteiger charge is -2.31. The van der Waals surface area contributed by atoms with Crippen molar-refractivity contribution in [2.24, 2.45) is 0 Å². The zero-order chi connectivity index (χ0) is 13.9. The molecule has 0 heterocycles. The van der Waals surface area contributed by atoms with Crippen LogP contribution in [-0.4, -0.2) is 22.9 Å². The second-order valence-corrected chi connectivity index (χ2v) is 4.70. The highest BCUT2D eigenvalue weighted by Gasteiger charge is 2.23. The number of nitriles is 1. The van der Waals surface area contributed by atoms with E-state index in [1.807, 2.05) is 33.8 Å². The molecule has 0 unspecified atom stereocenters. The molecule has 0 saturated carbocycles. The van der Waals surface area contributed by atoms with Crippen LogP contribution in [0.1, 0.15) is 43.6 Å². The van der Waals surface area contributed by atoms with Crippen molar-refractivity contribution < 1.29 is 9.18 Å². The van der Waals surface area contributed by atoms with Crippen molar-refractivity contribution in [1.82, 2.24) is 4.90 Å². The van der Waals surface area contributed by atoms with E-state index in [-0.39, 0.29) is 29.1 Å². The molecule has 0 radical (unpaired) electrons. The van der Waals surface area contributed by atoms with Gasteiger partial charge in [-0.25, -0.2) is 4.39 Å². The van der Waals surface area contributed by atoms with Gasteiger partial charge < -0.3 is 4.90 Å². The van der Waals surface area contributed by atoms with Gasteiger partial charge in [-0.3, -0.25) is 4.79 Å². The predicted molar refractivity (Wildman–Crippen MR) is 67.6 cm³/mol. The Balaban J connectivity index is 3.22. The van der Waals surface area contributed by atoms with Crippen LogP contribution in [0.5, 0.6) is 0 Å². The van der Waals surface area contributed by atoms with Crippen LogP contribution in [0.25, 0.3) is 0 Å². The Labute approximate surface area is 107 Å². The highest BCUT2D eigenvalue weighted by Crippen LogP contribution is 2.16. The molecular weight excluding hydrogens is 231 g/mol. The van der Waals surface area contributed by atoms with Crippen LogP contribution in [-0.2, 0) is 0 Å². The van der Waals surface area contributed by atoms with Gasteiger partial charge in [0.1, 0.15) is 11.9 Å². The molecule has 0 saturated heterocycles. The zero-order valence-electron chi connectivity index (χ0n) is 11.1. The average Bonchev–Trinajstić information content (AvgIpc) is 2.27. The Hall–Kier alpha value is -1.89. The minimum absolute atomic E-state index is 0.0223. The van der Waals surface area contributed by atoms with Crippen molar-refractivity contribution in [3.8, 4) is 6.07 Å². The molecule has 1 aromatic carbocycles. The summed E-state index contributed by atoms with van der Waals surface area (Å²) in [4.78, 5) is 14.0. The van der Waals surface area contributed by atoms with Gasteiger partial charge in [-0.2, -0.15) is 5.26 Å². The Morgan fingerprint density at radius 1 is 1.28 bits per heavy atom. The molecule has 96 valence electrons. The van der Waals surface area contributed by atoms with Gasteiger partial charge in [0.2, 0.25) is 0 Å². The van der Waals surface area contributed by atoms with E-state index >= 15 is 0 Å². The van der Waals surface area contributed by atoms with E-state index in [4.69, 9.17) is 5.26 Å². The summed E-state index contributed by atoms with van der Waals surface area (Å²) >= 11 is 0. The SMILES string of the molecule is CC(C)N(C(=O)c1ccc(F)cc1C#N)C(C)C. The number of hydrogen-bond acceptors (Lipinski definition) is 2.